The molecule has 44 valence electrons. The first kappa shape index (κ1) is 6.06. The molecule has 0 fully saturated rings. The molecule has 0 spiro atoms. The van der Waals surface area contributed by atoms with Crippen LogP contribution in [-0.2, 0) is 0 Å². The Hall–Kier alpha value is -1.07. The SMILES string of the molecule is [C-]#[N+]c1ncccc1Cl. The highest BCUT2D eigenvalue weighted by Crippen LogP contribution is 2.19. The molecule has 0 aliphatic carbocycles. The van der Waals surface area contributed by atoms with E-state index in [2.05, 4.69) is 9.83 Å². The van der Waals surface area contributed by atoms with Gasteiger partial charge in [-0.3, -0.25) is 0 Å². The molecular formula is C6H3ClN2. The summed E-state index contributed by atoms with van der Waals surface area (Å²) in [6, 6.07) is 3.33. The number of hydrogen-bond acceptors (Lipinski definition) is 1. The minimum absolute atomic E-state index is 0.263. The summed E-state index contributed by atoms with van der Waals surface area (Å²) in [4.78, 5) is 6.79. The largest absolute Gasteiger partial charge is 0.359 e. The van der Waals surface area contributed by atoms with Gasteiger partial charge in [-0.15, -0.1) is 4.98 Å². The van der Waals surface area contributed by atoms with E-state index in [0.29, 0.717) is 5.02 Å². The first-order valence-electron chi connectivity index (χ1n) is 2.32. The fourth-order valence-corrected chi connectivity index (χ4v) is 0.623. The summed E-state index contributed by atoms with van der Waals surface area (Å²) in [6.07, 6.45) is 1.54. The van der Waals surface area contributed by atoms with Crippen LogP contribution in [0, 0.1) is 6.57 Å². The molecule has 0 unspecified atom stereocenters. The van der Waals surface area contributed by atoms with Gasteiger partial charge in [0.2, 0.25) is 0 Å². The Bertz CT molecular complexity index is 251. The maximum atomic E-state index is 6.56. The molecular weight excluding hydrogens is 136 g/mol. The third kappa shape index (κ3) is 1.18. The monoisotopic (exact) mass is 138 g/mol. The molecule has 3 heteroatoms. The van der Waals surface area contributed by atoms with Crippen molar-refractivity contribution in [2.75, 3.05) is 0 Å². The highest BCUT2D eigenvalue weighted by molar-refractivity contribution is 6.32. The van der Waals surface area contributed by atoms with Crippen molar-refractivity contribution >= 4 is 17.4 Å². The van der Waals surface area contributed by atoms with Crippen molar-refractivity contribution in [3.8, 4) is 0 Å². The van der Waals surface area contributed by atoms with Crippen molar-refractivity contribution in [1.29, 1.82) is 0 Å². The van der Waals surface area contributed by atoms with Gasteiger partial charge in [-0.2, -0.15) is 0 Å². The molecule has 0 radical (unpaired) electrons. The van der Waals surface area contributed by atoms with Crippen LogP contribution in [0.25, 0.3) is 4.85 Å². The van der Waals surface area contributed by atoms with Gasteiger partial charge in [0, 0.05) is 0 Å². The van der Waals surface area contributed by atoms with Gasteiger partial charge in [-0.1, -0.05) is 18.2 Å². The second-order valence-electron chi connectivity index (χ2n) is 1.42. The number of hydrogen-bond donors (Lipinski definition) is 0. The van der Waals surface area contributed by atoms with Crippen molar-refractivity contribution in [2.45, 2.75) is 0 Å². The van der Waals surface area contributed by atoms with Crippen LogP contribution in [0.1, 0.15) is 0 Å². The summed E-state index contributed by atoms with van der Waals surface area (Å²) < 4.78 is 0. The number of halogens is 1. The van der Waals surface area contributed by atoms with Crippen molar-refractivity contribution in [3.63, 3.8) is 0 Å². The summed E-state index contributed by atoms with van der Waals surface area (Å²) in [5.74, 6) is 0.263. The molecule has 0 N–H and O–H groups in total. The number of pyridine rings is 1. The molecule has 1 aromatic rings. The van der Waals surface area contributed by atoms with Gasteiger partial charge < -0.3 is 4.85 Å². The summed E-state index contributed by atoms with van der Waals surface area (Å²) in [5.41, 5.74) is 0. The van der Waals surface area contributed by atoms with Crippen LogP contribution in [0.2, 0.25) is 5.02 Å². The van der Waals surface area contributed by atoms with E-state index in [1.54, 1.807) is 18.3 Å². The molecule has 1 rings (SSSR count). The minimum atomic E-state index is 0.263. The van der Waals surface area contributed by atoms with Crippen LogP contribution in [0.3, 0.4) is 0 Å². The van der Waals surface area contributed by atoms with Crippen LogP contribution in [0.5, 0.6) is 0 Å². The van der Waals surface area contributed by atoms with Crippen LogP contribution in [0.15, 0.2) is 18.3 Å². The fraction of sp³-hybridized carbons (Fsp3) is 0. The topological polar surface area (TPSA) is 17.2 Å². The molecule has 0 aromatic carbocycles. The zero-order valence-electron chi connectivity index (χ0n) is 4.50. The fourth-order valence-electron chi connectivity index (χ4n) is 0.460. The first-order valence-corrected chi connectivity index (χ1v) is 2.70. The summed E-state index contributed by atoms with van der Waals surface area (Å²) in [7, 11) is 0. The van der Waals surface area contributed by atoms with Gasteiger partial charge in [0.05, 0.1) is 5.02 Å². The number of rotatable bonds is 0. The zero-order chi connectivity index (χ0) is 6.69. The molecule has 2 nitrogen and oxygen atoms in total. The van der Waals surface area contributed by atoms with Crippen LogP contribution < -0.4 is 0 Å². The first-order chi connectivity index (χ1) is 4.34. The Morgan fingerprint density at radius 3 is 2.89 bits per heavy atom. The van der Waals surface area contributed by atoms with E-state index in [1.165, 1.54) is 0 Å². The van der Waals surface area contributed by atoms with Crippen molar-refractivity contribution in [1.82, 2.24) is 4.98 Å². The van der Waals surface area contributed by atoms with E-state index in [4.69, 9.17) is 18.2 Å². The lowest BCUT2D eigenvalue weighted by molar-refractivity contribution is 1.36. The van der Waals surface area contributed by atoms with E-state index < -0.39 is 0 Å². The molecule has 0 atom stereocenters. The third-order valence-corrected chi connectivity index (χ3v) is 1.14. The van der Waals surface area contributed by atoms with Gasteiger partial charge in [0.1, 0.15) is 6.20 Å². The second-order valence-corrected chi connectivity index (χ2v) is 1.83. The average Bonchev–Trinajstić information content (AvgIpc) is 1.89. The van der Waals surface area contributed by atoms with Gasteiger partial charge in [0.15, 0.2) is 0 Å². The van der Waals surface area contributed by atoms with Gasteiger partial charge in [0.25, 0.3) is 5.82 Å². The quantitative estimate of drug-likeness (QED) is 0.503. The normalized spacial score (nSPS) is 8.44. The highest BCUT2D eigenvalue weighted by Gasteiger charge is 1.95. The molecule has 0 bridgehead atoms. The second kappa shape index (κ2) is 2.47. The smallest absolute Gasteiger partial charge is 0.288 e. The van der Waals surface area contributed by atoms with E-state index in [9.17, 15) is 0 Å². The third-order valence-electron chi connectivity index (χ3n) is 0.845. The molecule has 0 saturated carbocycles. The lowest BCUT2D eigenvalue weighted by Gasteiger charge is -1.87. The Labute approximate surface area is 57.9 Å². The molecule has 1 heterocycles. The predicted molar refractivity (Wildman–Crippen MR) is 35.5 cm³/mol. The molecule has 0 aliphatic rings. The Morgan fingerprint density at radius 1 is 1.67 bits per heavy atom. The number of aromatic nitrogens is 1. The van der Waals surface area contributed by atoms with Crippen molar-refractivity contribution in [3.05, 3.63) is 34.8 Å². The van der Waals surface area contributed by atoms with Crippen molar-refractivity contribution < 1.29 is 0 Å². The van der Waals surface area contributed by atoms with Crippen LogP contribution in [-0.4, -0.2) is 4.98 Å². The van der Waals surface area contributed by atoms with Gasteiger partial charge in [-0.25, -0.2) is 0 Å². The Balaban J connectivity index is 3.20. The summed E-state index contributed by atoms with van der Waals surface area (Å²) >= 11 is 5.55. The maximum Gasteiger partial charge on any atom is 0.288 e. The molecule has 0 saturated heterocycles. The molecule has 1 aromatic heterocycles. The highest BCUT2D eigenvalue weighted by atomic mass is 35.5. The minimum Gasteiger partial charge on any atom is -0.359 e. The van der Waals surface area contributed by atoms with Gasteiger partial charge >= 0.3 is 0 Å². The Morgan fingerprint density at radius 2 is 2.44 bits per heavy atom. The lowest BCUT2D eigenvalue weighted by Crippen LogP contribution is -1.69. The van der Waals surface area contributed by atoms with E-state index in [-0.39, 0.29) is 5.82 Å². The average molecular weight is 139 g/mol. The van der Waals surface area contributed by atoms with Crippen molar-refractivity contribution in [2.24, 2.45) is 0 Å². The van der Waals surface area contributed by atoms with E-state index in [0.717, 1.165) is 0 Å². The van der Waals surface area contributed by atoms with Crippen LogP contribution in [0.4, 0.5) is 5.82 Å². The zero-order valence-corrected chi connectivity index (χ0v) is 5.26. The predicted octanol–water partition coefficient (Wildman–Crippen LogP) is 2.29. The maximum absolute atomic E-state index is 6.56. The van der Waals surface area contributed by atoms with Crippen LogP contribution >= 0.6 is 11.6 Å². The Kier molecular flexibility index (Phi) is 1.66. The number of nitrogens with zero attached hydrogens (tertiary/aromatic N) is 2. The summed E-state index contributed by atoms with van der Waals surface area (Å²) in [6.45, 7) is 6.56. The standard InChI is InChI=1S/C6H3ClN2/c1-8-6-5(7)3-2-4-9-6/h2-4H. The molecule has 0 amide bonds. The molecule has 9 heavy (non-hydrogen) atoms. The lowest BCUT2D eigenvalue weighted by atomic mass is 10.5. The van der Waals surface area contributed by atoms with E-state index in [1.807, 2.05) is 0 Å². The molecule has 0 aliphatic heterocycles. The van der Waals surface area contributed by atoms with Gasteiger partial charge in [-0.05, 0) is 12.1 Å². The van der Waals surface area contributed by atoms with E-state index >= 15 is 0 Å². The summed E-state index contributed by atoms with van der Waals surface area (Å²) in [5, 5.41) is 0.410.